The van der Waals surface area contributed by atoms with E-state index in [9.17, 15) is 4.79 Å². The summed E-state index contributed by atoms with van der Waals surface area (Å²) in [5.74, 6) is 1.21. The highest BCUT2D eigenvalue weighted by atomic mass is 16.5. The molecule has 0 aromatic carbocycles. The topological polar surface area (TPSA) is 62.6 Å². The molecule has 144 valence electrons. The van der Waals surface area contributed by atoms with E-state index < -0.39 is 0 Å². The van der Waals surface area contributed by atoms with Crippen molar-refractivity contribution in [1.29, 1.82) is 0 Å². The number of nitrogens with one attached hydrogen (secondary N) is 1. The molecule has 4 heterocycles. The van der Waals surface area contributed by atoms with Gasteiger partial charge in [-0.3, -0.25) is 14.4 Å². The van der Waals surface area contributed by atoms with Crippen LogP contribution in [0.4, 0.5) is 0 Å². The maximum absolute atomic E-state index is 13.3. The SMILES string of the molecule is Cn1cc([C@H]2CNC[C@@H]2C(=O)N2CCCC(CN3CCOCC3)C2)cn1. The van der Waals surface area contributed by atoms with E-state index in [2.05, 4.69) is 26.4 Å². The van der Waals surface area contributed by atoms with Gasteiger partial charge in [0, 0.05) is 65.0 Å². The van der Waals surface area contributed by atoms with Gasteiger partial charge in [-0.1, -0.05) is 0 Å². The molecule has 7 nitrogen and oxygen atoms in total. The van der Waals surface area contributed by atoms with Crippen LogP contribution in [-0.4, -0.2) is 84.5 Å². The summed E-state index contributed by atoms with van der Waals surface area (Å²) < 4.78 is 7.28. The van der Waals surface area contributed by atoms with Gasteiger partial charge in [0.1, 0.15) is 0 Å². The predicted octanol–water partition coefficient (Wildman–Crippen LogP) is 0.294. The minimum Gasteiger partial charge on any atom is -0.379 e. The van der Waals surface area contributed by atoms with E-state index in [4.69, 9.17) is 4.74 Å². The lowest BCUT2D eigenvalue weighted by Crippen LogP contribution is -2.48. The fourth-order valence-corrected chi connectivity index (χ4v) is 4.72. The Hall–Kier alpha value is -1.44. The summed E-state index contributed by atoms with van der Waals surface area (Å²) in [6.07, 6.45) is 6.32. The predicted molar refractivity (Wildman–Crippen MR) is 98.9 cm³/mol. The van der Waals surface area contributed by atoms with E-state index in [1.807, 2.05) is 17.9 Å². The number of aryl methyl sites for hydroxylation is 1. The number of hydrogen-bond donors (Lipinski definition) is 1. The van der Waals surface area contributed by atoms with Crippen LogP contribution in [0.25, 0.3) is 0 Å². The highest BCUT2D eigenvalue weighted by Crippen LogP contribution is 2.30. The van der Waals surface area contributed by atoms with Crippen LogP contribution in [0.3, 0.4) is 0 Å². The third-order valence-corrected chi connectivity index (χ3v) is 6.14. The van der Waals surface area contributed by atoms with Crippen LogP contribution in [0, 0.1) is 11.8 Å². The minimum absolute atomic E-state index is 0.0429. The van der Waals surface area contributed by atoms with Gasteiger partial charge in [0.25, 0.3) is 0 Å². The summed E-state index contributed by atoms with van der Waals surface area (Å²) in [7, 11) is 1.93. The molecule has 1 amide bonds. The summed E-state index contributed by atoms with van der Waals surface area (Å²) in [4.78, 5) is 17.9. The first-order chi connectivity index (χ1) is 12.7. The number of nitrogens with zero attached hydrogens (tertiary/aromatic N) is 4. The zero-order chi connectivity index (χ0) is 17.9. The molecule has 3 aliphatic rings. The number of amides is 1. The Kier molecular flexibility index (Phi) is 5.57. The normalized spacial score (nSPS) is 30.7. The Morgan fingerprint density at radius 3 is 2.92 bits per heavy atom. The summed E-state index contributed by atoms with van der Waals surface area (Å²) in [6.45, 7) is 8.31. The van der Waals surface area contributed by atoms with Crippen molar-refractivity contribution in [3.63, 3.8) is 0 Å². The number of morpholine rings is 1. The molecule has 1 aromatic rings. The molecular formula is C19H31N5O2. The summed E-state index contributed by atoms with van der Waals surface area (Å²) in [6, 6.07) is 0. The van der Waals surface area contributed by atoms with Crippen molar-refractivity contribution < 1.29 is 9.53 Å². The molecule has 0 bridgehead atoms. The summed E-state index contributed by atoms with van der Waals surface area (Å²) in [5.41, 5.74) is 1.18. The van der Waals surface area contributed by atoms with Gasteiger partial charge in [-0.15, -0.1) is 0 Å². The first-order valence-corrected chi connectivity index (χ1v) is 9.99. The van der Waals surface area contributed by atoms with Crippen molar-refractivity contribution >= 4 is 5.91 Å². The first kappa shape index (κ1) is 17.9. The molecule has 1 aromatic heterocycles. The van der Waals surface area contributed by atoms with Crippen LogP contribution < -0.4 is 5.32 Å². The zero-order valence-electron chi connectivity index (χ0n) is 15.8. The number of carbonyl (C=O) groups excluding carboxylic acids is 1. The van der Waals surface area contributed by atoms with E-state index in [1.165, 1.54) is 12.0 Å². The second kappa shape index (κ2) is 8.06. The van der Waals surface area contributed by atoms with E-state index in [-0.39, 0.29) is 11.8 Å². The van der Waals surface area contributed by atoms with Crippen LogP contribution in [0.5, 0.6) is 0 Å². The van der Waals surface area contributed by atoms with E-state index in [0.717, 1.165) is 65.4 Å². The Balaban J connectivity index is 1.37. The quantitative estimate of drug-likeness (QED) is 0.835. The molecule has 0 aliphatic carbocycles. The molecule has 3 fully saturated rings. The third-order valence-electron chi connectivity index (χ3n) is 6.14. The van der Waals surface area contributed by atoms with Gasteiger partial charge in [-0.25, -0.2) is 0 Å². The van der Waals surface area contributed by atoms with E-state index in [0.29, 0.717) is 11.8 Å². The number of likely N-dealkylation sites (tertiary alicyclic amines) is 1. The Morgan fingerprint density at radius 2 is 2.15 bits per heavy atom. The van der Waals surface area contributed by atoms with Crippen molar-refractivity contribution in [2.45, 2.75) is 18.8 Å². The third kappa shape index (κ3) is 3.94. The van der Waals surface area contributed by atoms with Gasteiger partial charge in [-0.05, 0) is 24.3 Å². The molecule has 0 radical (unpaired) electrons. The Bertz CT molecular complexity index is 613. The molecule has 4 rings (SSSR count). The van der Waals surface area contributed by atoms with Crippen molar-refractivity contribution in [3.05, 3.63) is 18.0 Å². The molecule has 26 heavy (non-hydrogen) atoms. The molecule has 0 spiro atoms. The molecular weight excluding hydrogens is 330 g/mol. The number of hydrogen-bond acceptors (Lipinski definition) is 5. The highest BCUT2D eigenvalue weighted by Gasteiger charge is 2.38. The Labute approximate surface area is 155 Å². The Morgan fingerprint density at radius 1 is 1.31 bits per heavy atom. The number of carbonyl (C=O) groups is 1. The van der Waals surface area contributed by atoms with Crippen molar-refractivity contribution in [3.8, 4) is 0 Å². The average molecular weight is 361 g/mol. The zero-order valence-corrected chi connectivity index (χ0v) is 15.8. The lowest BCUT2D eigenvalue weighted by molar-refractivity contribution is -0.137. The van der Waals surface area contributed by atoms with Gasteiger partial charge >= 0.3 is 0 Å². The number of piperidine rings is 1. The van der Waals surface area contributed by atoms with E-state index in [1.54, 1.807) is 0 Å². The van der Waals surface area contributed by atoms with Crippen LogP contribution >= 0.6 is 0 Å². The van der Waals surface area contributed by atoms with Crippen molar-refractivity contribution in [2.75, 3.05) is 59.0 Å². The molecule has 3 aliphatic heterocycles. The fraction of sp³-hybridized carbons (Fsp3) is 0.789. The van der Waals surface area contributed by atoms with Crippen LogP contribution in [-0.2, 0) is 16.6 Å². The first-order valence-electron chi connectivity index (χ1n) is 9.99. The second-order valence-electron chi connectivity index (χ2n) is 8.02. The molecule has 0 saturated carbocycles. The van der Waals surface area contributed by atoms with Gasteiger partial charge < -0.3 is 15.0 Å². The summed E-state index contributed by atoms with van der Waals surface area (Å²) >= 11 is 0. The van der Waals surface area contributed by atoms with Crippen molar-refractivity contribution in [2.24, 2.45) is 18.9 Å². The van der Waals surface area contributed by atoms with Gasteiger partial charge in [-0.2, -0.15) is 5.10 Å². The van der Waals surface area contributed by atoms with Crippen LogP contribution in [0.2, 0.25) is 0 Å². The lowest BCUT2D eigenvalue weighted by atomic mass is 9.88. The van der Waals surface area contributed by atoms with E-state index >= 15 is 0 Å². The largest absolute Gasteiger partial charge is 0.379 e. The standard InChI is InChI=1S/C19H31N5O2/c1-22-14-16(9-21-22)17-10-20-11-18(17)19(25)24-4-2-3-15(13-24)12-23-5-7-26-8-6-23/h9,14-15,17-18,20H,2-8,10-13H2,1H3/t15?,17-,18+/m1/s1. The maximum atomic E-state index is 13.3. The van der Waals surface area contributed by atoms with Crippen molar-refractivity contribution in [1.82, 2.24) is 24.9 Å². The number of ether oxygens (including phenoxy) is 1. The molecule has 3 saturated heterocycles. The molecule has 7 heteroatoms. The van der Waals surface area contributed by atoms with Crippen LogP contribution in [0.15, 0.2) is 12.4 Å². The smallest absolute Gasteiger partial charge is 0.227 e. The molecule has 1 N–H and O–H groups in total. The average Bonchev–Trinajstić information content (AvgIpc) is 3.31. The second-order valence-corrected chi connectivity index (χ2v) is 8.02. The molecule has 3 atom stereocenters. The maximum Gasteiger partial charge on any atom is 0.227 e. The van der Waals surface area contributed by atoms with Gasteiger partial charge in [0.2, 0.25) is 5.91 Å². The number of aromatic nitrogens is 2. The molecule has 1 unspecified atom stereocenters. The minimum atomic E-state index is 0.0429. The number of rotatable bonds is 4. The monoisotopic (exact) mass is 361 g/mol. The summed E-state index contributed by atoms with van der Waals surface area (Å²) in [5, 5.41) is 7.71. The fourth-order valence-electron chi connectivity index (χ4n) is 4.72. The van der Waals surface area contributed by atoms with Gasteiger partial charge in [0.05, 0.1) is 25.3 Å². The van der Waals surface area contributed by atoms with Gasteiger partial charge in [0.15, 0.2) is 0 Å². The highest BCUT2D eigenvalue weighted by molar-refractivity contribution is 5.80. The van der Waals surface area contributed by atoms with Crippen LogP contribution in [0.1, 0.15) is 24.3 Å². The lowest BCUT2D eigenvalue weighted by Gasteiger charge is -2.38.